The molecule has 2 amide bonds. The molecule has 1 fully saturated rings. The molecule has 200 valence electrons. The lowest BCUT2D eigenvalue weighted by molar-refractivity contribution is 0.0240. The van der Waals surface area contributed by atoms with Gasteiger partial charge >= 0.3 is 6.09 Å². The van der Waals surface area contributed by atoms with E-state index in [1.165, 1.54) is 13.4 Å². The van der Waals surface area contributed by atoms with Crippen molar-refractivity contribution in [1.82, 2.24) is 20.2 Å². The van der Waals surface area contributed by atoms with Gasteiger partial charge in [-0.2, -0.15) is 0 Å². The van der Waals surface area contributed by atoms with Gasteiger partial charge in [0.2, 0.25) is 0 Å². The Kier molecular flexibility index (Phi) is 6.54. The Morgan fingerprint density at radius 3 is 2.47 bits per heavy atom. The Bertz CT molecular complexity index is 1460. The Morgan fingerprint density at radius 1 is 1.11 bits per heavy atom. The van der Waals surface area contributed by atoms with Crippen molar-refractivity contribution < 1.29 is 23.5 Å². The van der Waals surface area contributed by atoms with E-state index in [4.69, 9.17) is 21.1 Å². The molecular weight excluding hydrogens is 513 g/mol. The fourth-order valence-corrected chi connectivity index (χ4v) is 5.36. The summed E-state index contributed by atoms with van der Waals surface area (Å²) in [6.07, 6.45) is 0.920. The van der Waals surface area contributed by atoms with Crippen molar-refractivity contribution in [2.45, 2.75) is 39.8 Å². The van der Waals surface area contributed by atoms with Gasteiger partial charge in [-0.25, -0.2) is 19.2 Å². The van der Waals surface area contributed by atoms with Crippen LogP contribution < -0.4 is 15.0 Å². The molecule has 1 saturated heterocycles. The molecule has 9 nitrogen and oxygen atoms in total. The first kappa shape index (κ1) is 26.0. The molecule has 0 atom stereocenters. The molecule has 1 aromatic heterocycles. The van der Waals surface area contributed by atoms with E-state index in [0.29, 0.717) is 60.6 Å². The molecule has 0 aliphatic carbocycles. The largest absolute Gasteiger partial charge is 0.494 e. The number of anilines is 1. The van der Waals surface area contributed by atoms with Gasteiger partial charge < -0.3 is 24.6 Å². The number of ether oxygens (including phenoxy) is 2. The zero-order valence-electron chi connectivity index (χ0n) is 21.9. The number of piperazine rings is 1. The Labute approximate surface area is 224 Å². The lowest BCUT2D eigenvalue weighted by atomic mass is 9.91. The van der Waals surface area contributed by atoms with E-state index in [9.17, 15) is 9.59 Å². The van der Waals surface area contributed by atoms with E-state index in [2.05, 4.69) is 15.3 Å². The molecular formula is C27H29ClFN5O4. The number of aryl methyl sites for hydroxylation is 1. The standard InChI is InChI=1S/C27H29ClFN5O4/c1-14-6-7-15-12-30-25(35)17(15)16(14)18-20(28)23(37-5)19-22(21(18)29)31-13-32-24(19)33-8-10-34(11-9-33)26(36)38-27(2,3)4/h6-7,13H,8-12H2,1-5H3,(H,30,35). The lowest BCUT2D eigenvalue weighted by Gasteiger charge is -2.36. The molecule has 0 saturated carbocycles. The summed E-state index contributed by atoms with van der Waals surface area (Å²) >= 11 is 6.85. The van der Waals surface area contributed by atoms with Crippen LogP contribution in [0.2, 0.25) is 5.02 Å². The molecule has 0 spiro atoms. The van der Waals surface area contributed by atoms with Gasteiger partial charge in [-0.05, 0) is 38.8 Å². The summed E-state index contributed by atoms with van der Waals surface area (Å²) in [5.41, 5.74) is 1.82. The van der Waals surface area contributed by atoms with Gasteiger partial charge in [-0.15, -0.1) is 0 Å². The maximum absolute atomic E-state index is 16.3. The first-order chi connectivity index (χ1) is 18.0. The number of nitrogens with one attached hydrogen (secondary N) is 1. The summed E-state index contributed by atoms with van der Waals surface area (Å²) in [5, 5.41) is 3.17. The van der Waals surface area contributed by atoms with E-state index in [0.717, 1.165) is 5.56 Å². The number of rotatable bonds is 3. The van der Waals surface area contributed by atoms with Crippen LogP contribution in [0.25, 0.3) is 22.0 Å². The molecule has 1 N–H and O–H groups in total. The molecule has 3 heterocycles. The van der Waals surface area contributed by atoms with Crippen LogP contribution in [0.5, 0.6) is 5.75 Å². The molecule has 0 unspecified atom stereocenters. The molecule has 2 aliphatic heterocycles. The maximum atomic E-state index is 16.3. The maximum Gasteiger partial charge on any atom is 0.410 e. The topological polar surface area (TPSA) is 96.9 Å². The Morgan fingerprint density at radius 2 is 1.82 bits per heavy atom. The number of halogens is 2. The van der Waals surface area contributed by atoms with Crippen molar-refractivity contribution >= 4 is 40.3 Å². The van der Waals surface area contributed by atoms with Crippen LogP contribution in [0.15, 0.2) is 18.5 Å². The first-order valence-electron chi connectivity index (χ1n) is 12.4. The molecule has 2 aromatic carbocycles. The first-order valence-corrected chi connectivity index (χ1v) is 12.7. The smallest absolute Gasteiger partial charge is 0.410 e. The Hall–Kier alpha value is -3.66. The van der Waals surface area contributed by atoms with Crippen LogP contribution >= 0.6 is 11.6 Å². The monoisotopic (exact) mass is 541 g/mol. The minimum atomic E-state index is -0.655. The lowest BCUT2D eigenvalue weighted by Crippen LogP contribution is -2.50. The van der Waals surface area contributed by atoms with Crippen molar-refractivity contribution in [3.8, 4) is 16.9 Å². The van der Waals surface area contributed by atoms with Crippen LogP contribution in [-0.4, -0.2) is 65.8 Å². The normalized spacial score (nSPS) is 15.5. The second kappa shape index (κ2) is 9.58. The number of benzene rings is 2. The van der Waals surface area contributed by atoms with Crippen molar-refractivity contribution in [3.63, 3.8) is 0 Å². The minimum Gasteiger partial charge on any atom is -0.494 e. The van der Waals surface area contributed by atoms with E-state index >= 15 is 4.39 Å². The average Bonchev–Trinajstić information content (AvgIpc) is 3.25. The molecule has 2 aliphatic rings. The molecule has 0 radical (unpaired) electrons. The summed E-state index contributed by atoms with van der Waals surface area (Å²) in [6.45, 7) is 9.35. The van der Waals surface area contributed by atoms with Gasteiger partial charge in [0.1, 0.15) is 23.3 Å². The summed E-state index contributed by atoms with van der Waals surface area (Å²) < 4.78 is 27.5. The van der Waals surface area contributed by atoms with Gasteiger partial charge in [0.05, 0.1) is 23.1 Å². The van der Waals surface area contributed by atoms with E-state index in [-0.39, 0.29) is 33.9 Å². The number of fused-ring (bicyclic) bond motifs is 2. The number of carbonyl (C=O) groups is 2. The van der Waals surface area contributed by atoms with Crippen LogP contribution in [0.1, 0.15) is 42.3 Å². The van der Waals surface area contributed by atoms with Gasteiger partial charge in [-0.3, -0.25) is 4.79 Å². The van der Waals surface area contributed by atoms with Crippen LogP contribution in [-0.2, 0) is 11.3 Å². The number of hydrogen-bond acceptors (Lipinski definition) is 7. The number of aromatic nitrogens is 2. The summed E-state index contributed by atoms with van der Waals surface area (Å²) in [7, 11) is 1.45. The van der Waals surface area contributed by atoms with Gasteiger partial charge in [0, 0.05) is 43.9 Å². The average molecular weight is 542 g/mol. The quantitative estimate of drug-likeness (QED) is 0.513. The van der Waals surface area contributed by atoms with Crippen molar-refractivity contribution in [3.05, 3.63) is 46.0 Å². The molecule has 5 rings (SSSR count). The highest BCUT2D eigenvalue weighted by atomic mass is 35.5. The Balaban J connectivity index is 1.59. The molecule has 3 aromatic rings. The number of hydrogen-bond donors (Lipinski definition) is 1. The fraction of sp³-hybridized carbons (Fsp3) is 0.407. The summed E-state index contributed by atoms with van der Waals surface area (Å²) in [4.78, 5) is 37.5. The zero-order chi connectivity index (χ0) is 27.4. The van der Waals surface area contributed by atoms with Crippen molar-refractivity contribution in [2.75, 3.05) is 38.2 Å². The van der Waals surface area contributed by atoms with Gasteiger partial charge in [0.25, 0.3) is 5.91 Å². The van der Waals surface area contributed by atoms with Gasteiger partial charge in [-0.1, -0.05) is 23.7 Å². The van der Waals surface area contributed by atoms with Gasteiger partial charge in [0.15, 0.2) is 11.6 Å². The molecule has 38 heavy (non-hydrogen) atoms. The van der Waals surface area contributed by atoms with E-state index < -0.39 is 11.4 Å². The number of nitrogens with zero attached hydrogens (tertiary/aromatic N) is 4. The van der Waals surface area contributed by atoms with Crippen LogP contribution in [0.3, 0.4) is 0 Å². The number of amides is 2. The predicted molar refractivity (Wildman–Crippen MR) is 142 cm³/mol. The second-order valence-corrected chi connectivity index (χ2v) is 10.8. The van der Waals surface area contributed by atoms with Crippen LogP contribution in [0, 0.1) is 12.7 Å². The highest BCUT2D eigenvalue weighted by Gasteiger charge is 2.33. The molecule has 11 heteroatoms. The SMILES string of the molecule is COc1c(Cl)c(-c2c(C)ccc3c2C(=O)NC3)c(F)c2ncnc(N3CCN(C(=O)OC(C)(C)C)CC3)c12. The highest BCUT2D eigenvalue weighted by molar-refractivity contribution is 6.37. The van der Waals surface area contributed by atoms with Crippen LogP contribution in [0.4, 0.5) is 15.0 Å². The predicted octanol–water partition coefficient (Wildman–Crippen LogP) is 4.71. The highest BCUT2D eigenvalue weighted by Crippen LogP contribution is 2.48. The minimum absolute atomic E-state index is 0.0382. The fourth-order valence-electron chi connectivity index (χ4n) is 5.01. The molecule has 0 bridgehead atoms. The van der Waals surface area contributed by atoms with Crippen molar-refractivity contribution in [1.29, 1.82) is 0 Å². The summed E-state index contributed by atoms with van der Waals surface area (Å²) in [5.74, 6) is -0.257. The van der Waals surface area contributed by atoms with E-state index in [1.54, 1.807) is 4.90 Å². The third-order valence-corrected chi connectivity index (χ3v) is 7.11. The summed E-state index contributed by atoms with van der Waals surface area (Å²) in [6, 6.07) is 3.70. The van der Waals surface area contributed by atoms with Crippen molar-refractivity contribution in [2.24, 2.45) is 0 Å². The second-order valence-electron chi connectivity index (χ2n) is 10.4. The zero-order valence-corrected chi connectivity index (χ0v) is 22.7. The number of carbonyl (C=O) groups excluding carboxylic acids is 2. The van der Waals surface area contributed by atoms with E-state index in [1.807, 2.05) is 44.7 Å². The third kappa shape index (κ3) is 4.36. The number of methoxy groups -OCH3 is 1. The third-order valence-electron chi connectivity index (χ3n) is 6.75.